The highest BCUT2D eigenvalue weighted by Crippen LogP contribution is 2.39. The number of phenolic OH excluding ortho intramolecular Hbond substituents is 1. The van der Waals surface area contributed by atoms with Crippen LogP contribution in [0.3, 0.4) is 0 Å². The summed E-state index contributed by atoms with van der Waals surface area (Å²) >= 11 is 0. The van der Waals surface area contributed by atoms with E-state index in [1.165, 1.54) is 36.1 Å². The van der Waals surface area contributed by atoms with E-state index in [1.54, 1.807) is 48.2 Å². The van der Waals surface area contributed by atoms with Crippen molar-refractivity contribution in [3.05, 3.63) is 89.8 Å². The number of imidazole rings is 1. The van der Waals surface area contributed by atoms with Gasteiger partial charge in [0.05, 0.1) is 35.0 Å². The third-order valence-corrected chi connectivity index (χ3v) is 7.08. The molecule has 0 unspecified atom stereocenters. The number of hydrogen-bond acceptors (Lipinski definition) is 6. The Labute approximate surface area is 230 Å². The van der Waals surface area contributed by atoms with Gasteiger partial charge < -0.3 is 25.6 Å². The van der Waals surface area contributed by atoms with Gasteiger partial charge in [0.25, 0.3) is 5.91 Å². The fourth-order valence-corrected chi connectivity index (χ4v) is 5.17. The lowest BCUT2D eigenvalue weighted by atomic mass is 9.88. The standard InChI is InChI=1S/C28H25FN6O3.ClH/c1-17(36)33-28(10-11-34(26(28)38)24-5-3-4-18-7-9-21(37)13-22(18)24)35-16-32-15-25(35)27(2,31)20-8-6-19(14-30)23(29)12-20;/h3-9,12-13,15-16,37H,10-11,31H2,1-2H3,(H,33,36);1H/t27-,28-;/m0./s1. The molecule has 2 amide bonds. The number of aromatic nitrogens is 2. The largest absolute Gasteiger partial charge is 0.508 e. The van der Waals surface area contributed by atoms with E-state index in [-0.39, 0.29) is 36.7 Å². The lowest BCUT2D eigenvalue weighted by molar-refractivity contribution is -0.133. The second-order valence-corrected chi connectivity index (χ2v) is 9.59. The predicted molar refractivity (Wildman–Crippen MR) is 146 cm³/mol. The molecular weight excluding hydrogens is 523 g/mol. The second kappa shape index (κ2) is 10.0. The Morgan fingerprint density at radius 3 is 2.72 bits per heavy atom. The van der Waals surface area contributed by atoms with E-state index in [1.807, 2.05) is 12.1 Å². The number of halogens is 2. The quantitative estimate of drug-likeness (QED) is 0.348. The van der Waals surface area contributed by atoms with Crippen molar-refractivity contribution in [2.75, 3.05) is 11.4 Å². The zero-order valence-corrected chi connectivity index (χ0v) is 22.0. The van der Waals surface area contributed by atoms with Gasteiger partial charge in [-0.2, -0.15) is 5.26 Å². The van der Waals surface area contributed by atoms with Crippen molar-refractivity contribution in [1.29, 1.82) is 5.26 Å². The number of amides is 2. The third kappa shape index (κ3) is 4.46. The molecule has 9 nitrogen and oxygen atoms in total. The zero-order valence-electron chi connectivity index (χ0n) is 21.2. The third-order valence-electron chi connectivity index (χ3n) is 7.08. The lowest BCUT2D eigenvalue weighted by Crippen LogP contribution is -2.57. The molecule has 11 heteroatoms. The number of nitrogens with one attached hydrogen (secondary N) is 1. The van der Waals surface area contributed by atoms with Crippen molar-refractivity contribution in [1.82, 2.24) is 14.9 Å². The van der Waals surface area contributed by atoms with Crippen LogP contribution in [-0.4, -0.2) is 33.0 Å². The zero-order chi connectivity index (χ0) is 27.2. The van der Waals surface area contributed by atoms with Crippen molar-refractivity contribution in [3.63, 3.8) is 0 Å². The number of nitriles is 1. The van der Waals surface area contributed by atoms with Gasteiger partial charge >= 0.3 is 0 Å². The Morgan fingerprint density at radius 2 is 2.03 bits per heavy atom. The molecule has 1 fully saturated rings. The number of nitrogens with zero attached hydrogens (tertiary/aromatic N) is 4. The maximum atomic E-state index is 14.5. The Bertz CT molecular complexity index is 1650. The summed E-state index contributed by atoms with van der Waals surface area (Å²) < 4.78 is 16.0. The van der Waals surface area contributed by atoms with Gasteiger partial charge in [0, 0.05) is 25.3 Å². The molecule has 4 aromatic rings. The molecular formula is C28H26ClFN6O3. The van der Waals surface area contributed by atoms with E-state index in [0.717, 1.165) is 5.39 Å². The first-order chi connectivity index (χ1) is 18.1. The van der Waals surface area contributed by atoms with Gasteiger partial charge in [0.15, 0.2) is 0 Å². The number of carbonyl (C=O) groups excluding carboxylic acids is 2. The van der Waals surface area contributed by atoms with Gasteiger partial charge in [-0.1, -0.05) is 24.3 Å². The van der Waals surface area contributed by atoms with Crippen LogP contribution in [-0.2, 0) is 20.8 Å². The van der Waals surface area contributed by atoms with E-state index in [0.29, 0.717) is 22.3 Å². The monoisotopic (exact) mass is 548 g/mol. The van der Waals surface area contributed by atoms with E-state index < -0.39 is 28.8 Å². The van der Waals surface area contributed by atoms with Gasteiger partial charge in [-0.3, -0.25) is 9.59 Å². The highest BCUT2D eigenvalue weighted by Gasteiger charge is 2.52. The maximum absolute atomic E-state index is 14.5. The summed E-state index contributed by atoms with van der Waals surface area (Å²) in [4.78, 5) is 32.4. The van der Waals surface area contributed by atoms with E-state index in [2.05, 4.69) is 10.3 Å². The van der Waals surface area contributed by atoms with E-state index in [9.17, 15) is 19.1 Å². The maximum Gasteiger partial charge on any atom is 0.274 e. The van der Waals surface area contributed by atoms with Gasteiger partial charge in [0.2, 0.25) is 11.6 Å². The average molecular weight is 549 g/mol. The van der Waals surface area contributed by atoms with Crippen molar-refractivity contribution in [2.24, 2.45) is 5.73 Å². The number of benzene rings is 3. The molecule has 2 heterocycles. The van der Waals surface area contributed by atoms with Crippen LogP contribution in [0, 0.1) is 17.1 Å². The van der Waals surface area contributed by atoms with Crippen LogP contribution >= 0.6 is 12.4 Å². The number of anilines is 1. The highest BCUT2D eigenvalue weighted by atomic mass is 35.5. The smallest absolute Gasteiger partial charge is 0.274 e. The molecule has 1 aromatic heterocycles. The Morgan fingerprint density at radius 1 is 1.26 bits per heavy atom. The minimum absolute atomic E-state index is 0. The van der Waals surface area contributed by atoms with Crippen LogP contribution in [0.2, 0.25) is 0 Å². The van der Waals surface area contributed by atoms with Gasteiger partial charge in [-0.15, -0.1) is 12.4 Å². The molecule has 0 bridgehead atoms. The molecule has 1 aliphatic rings. The number of fused-ring (bicyclic) bond motifs is 1. The average Bonchev–Trinajstić information content (AvgIpc) is 3.50. The molecule has 0 aliphatic carbocycles. The Balaban J connectivity index is 0.00000353. The number of nitrogens with two attached hydrogens (primary N) is 1. The molecule has 5 rings (SSSR count). The fraction of sp³-hybridized carbons (Fsp3) is 0.214. The summed E-state index contributed by atoms with van der Waals surface area (Å²) in [7, 11) is 0. The lowest BCUT2D eigenvalue weighted by Gasteiger charge is -2.35. The van der Waals surface area contributed by atoms with Crippen molar-refractivity contribution >= 4 is 40.7 Å². The van der Waals surface area contributed by atoms with Crippen LogP contribution in [0.25, 0.3) is 10.8 Å². The number of phenols is 1. The SMILES string of the molecule is CC(=O)N[C@]1(n2cncc2[C@@](C)(N)c2ccc(C#N)c(F)c2)CCN(c2cccc3ccc(O)cc23)C1=O.Cl. The van der Waals surface area contributed by atoms with Gasteiger partial charge in [-0.05, 0) is 48.2 Å². The summed E-state index contributed by atoms with van der Waals surface area (Å²) in [5, 5.41) is 23.5. The molecule has 0 spiro atoms. The van der Waals surface area contributed by atoms with Crippen LogP contribution < -0.4 is 16.0 Å². The van der Waals surface area contributed by atoms with Gasteiger partial charge in [0.1, 0.15) is 17.6 Å². The van der Waals surface area contributed by atoms with Crippen LogP contribution in [0.15, 0.2) is 67.1 Å². The Kier molecular flexibility index (Phi) is 7.08. The predicted octanol–water partition coefficient (Wildman–Crippen LogP) is 3.62. The first-order valence-electron chi connectivity index (χ1n) is 11.9. The first kappa shape index (κ1) is 27.6. The van der Waals surface area contributed by atoms with Crippen molar-refractivity contribution < 1.29 is 19.1 Å². The van der Waals surface area contributed by atoms with Crippen LogP contribution in [0.5, 0.6) is 5.75 Å². The van der Waals surface area contributed by atoms with E-state index >= 15 is 0 Å². The molecule has 0 saturated carbocycles. The number of aromatic hydroxyl groups is 1. The molecule has 1 saturated heterocycles. The molecule has 39 heavy (non-hydrogen) atoms. The summed E-state index contributed by atoms with van der Waals surface area (Å²) in [6, 6.07) is 16.3. The first-order valence-corrected chi connectivity index (χ1v) is 11.9. The number of carbonyl (C=O) groups is 2. The molecule has 4 N–H and O–H groups in total. The highest BCUT2D eigenvalue weighted by molar-refractivity contribution is 6.09. The number of rotatable bonds is 5. The Hall–Kier alpha value is -4.46. The number of hydrogen-bond donors (Lipinski definition) is 3. The molecule has 3 aromatic carbocycles. The normalized spacial score (nSPS) is 18.3. The van der Waals surface area contributed by atoms with Gasteiger partial charge in [-0.25, -0.2) is 9.37 Å². The molecule has 200 valence electrons. The molecule has 0 radical (unpaired) electrons. The summed E-state index contributed by atoms with van der Waals surface area (Å²) in [6.07, 6.45) is 3.10. The minimum Gasteiger partial charge on any atom is -0.508 e. The molecule has 2 atom stereocenters. The van der Waals surface area contributed by atoms with Crippen molar-refractivity contribution in [2.45, 2.75) is 31.5 Å². The summed E-state index contributed by atoms with van der Waals surface area (Å²) in [6.45, 7) is 3.23. The summed E-state index contributed by atoms with van der Waals surface area (Å²) in [5.74, 6) is -1.50. The second-order valence-electron chi connectivity index (χ2n) is 9.59. The van der Waals surface area contributed by atoms with Crippen LogP contribution in [0.4, 0.5) is 10.1 Å². The van der Waals surface area contributed by atoms with E-state index in [4.69, 9.17) is 11.0 Å². The molecule has 1 aliphatic heterocycles. The van der Waals surface area contributed by atoms with Crippen molar-refractivity contribution in [3.8, 4) is 11.8 Å². The summed E-state index contributed by atoms with van der Waals surface area (Å²) in [5.41, 5.74) is 5.03. The topological polar surface area (TPSA) is 137 Å². The fourth-order valence-electron chi connectivity index (χ4n) is 5.17. The van der Waals surface area contributed by atoms with Crippen LogP contribution in [0.1, 0.15) is 37.1 Å². The minimum atomic E-state index is -1.55.